The number of benzene rings is 1. The van der Waals surface area contributed by atoms with Gasteiger partial charge in [0, 0.05) is 13.0 Å². The van der Waals surface area contributed by atoms with Gasteiger partial charge in [-0.25, -0.2) is 5.84 Å². The van der Waals surface area contributed by atoms with Gasteiger partial charge in [-0.2, -0.15) is 0 Å². The predicted molar refractivity (Wildman–Crippen MR) is 60.2 cm³/mol. The molecule has 0 amide bonds. The summed E-state index contributed by atoms with van der Waals surface area (Å²) >= 11 is 0. The van der Waals surface area contributed by atoms with Crippen LogP contribution in [0.5, 0.6) is 0 Å². The van der Waals surface area contributed by atoms with Crippen LogP contribution in [0.4, 0.5) is 0 Å². The summed E-state index contributed by atoms with van der Waals surface area (Å²) in [7, 11) is 0. The third kappa shape index (κ3) is 3.18. The normalized spacial score (nSPS) is 11.5. The van der Waals surface area contributed by atoms with E-state index in [4.69, 9.17) is 5.84 Å². The zero-order valence-electron chi connectivity index (χ0n) is 8.75. The first-order chi connectivity index (χ1) is 6.76. The Labute approximate surface area is 85.0 Å². The standard InChI is InChI=1S/C11H17N3/c1-3-13-11(14-12)8-10-6-4-9(2)5-7-10/h4-7H,3,8,12H2,1-2H3,(H,13,14). The fourth-order valence-electron chi connectivity index (χ4n) is 1.24. The van der Waals surface area contributed by atoms with Gasteiger partial charge in [0.05, 0.1) is 0 Å². The number of amidine groups is 1. The summed E-state index contributed by atoms with van der Waals surface area (Å²) in [5.41, 5.74) is 5.11. The van der Waals surface area contributed by atoms with E-state index in [0.29, 0.717) is 0 Å². The molecule has 0 aromatic heterocycles. The first kappa shape index (κ1) is 10.7. The Hall–Kier alpha value is -1.35. The van der Waals surface area contributed by atoms with E-state index >= 15 is 0 Å². The molecule has 0 aliphatic carbocycles. The fourth-order valence-corrected chi connectivity index (χ4v) is 1.24. The highest BCUT2D eigenvalue weighted by molar-refractivity contribution is 5.83. The first-order valence-electron chi connectivity index (χ1n) is 4.81. The number of hydrazine groups is 1. The Bertz CT molecular complexity index is 301. The minimum absolute atomic E-state index is 0.755. The molecule has 0 saturated carbocycles. The maximum Gasteiger partial charge on any atom is 0.115 e. The van der Waals surface area contributed by atoms with Crippen molar-refractivity contribution in [2.75, 3.05) is 6.54 Å². The average molecular weight is 191 g/mol. The van der Waals surface area contributed by atoms with Crippen molar-refractivity contribution in [1.82, 2.24) is 5.43 Å². The van der Waals surface area contributed by atoms with Crippen molar-refractivity contribution in [2.45, 2.75) is 20.3 Å². The Balaban J connectivity index is 2.67. The van der Waals surface area contributed by atoms with E-state index in [2.05, 4.69) is 41.6 Å². The Morgan fingerprint density at radius 3 is 2.50 bits per heavy atom. The van der Waals surface area contributed by atoms with Gasteiger partial charge in [0.1, 0.15) is 5.84 Å². The van der Waals surface area contributed by atoms with Crippen molar-refractivity contribution in [3.63, 3.8) is 0 Å². The molecule has 0 aliphatic heterocycles. The summed E-state index contributed by atoms with van der Waals surface area (Å²) in [6.07, 6.45) is 0.768. The van der Waals surface area contributed by atoms with Crippen LogP contribution < -0.4 is 11.3 Å². The van der Waals surface area contributed by atoms with E-state index in [1.54, 1.807) is 0 Å². The van der Waals surface area contributed by atoms with E-state index in [9.17, 15) is 0 Å². The zero-order valence-corrected chi connectivity index (χ0v) is 8.75. The van der Waals surface area contributed by atoms with Crippen LogP contribution in [0.3, 0.4) is 0 Å². The molecule has 0 aliphatic rings. The Kier molecular flexibility index (Phi) is 4.13. The van der Waals surface area contributed by atoms with Crippen LogP contribution in [0.25, 0.3) is 0 Å². The molecular formula is C11H17N3. The van der Waals surface area contributed by atoms with E-state index < -0.39 is 0 Å². The number of hydrogen-bond donors (Lipinski definition) is 2. The van der Waals surface area contributed by atoms with Gasteiger partial charge in [-0.15, -0.1) is 0 Å². The van der Waals surface area contributed by atoms with Gasteiger partial charge in [-0.05, 0) is 19.4 Å². The lowest BCUT2D eigenvalue weighted by molar-refractivity contribution is 0.957. The summed E-state index contributed by atoms with van der Waals surface area (Å²) in [6.45, 7) is 4.82. The van der Waals surface area contributed by atoms with Crippen LogP contribution in [0.1, 0.15) is 18.1 Å². The van der Waals surface area contributed by atoms with E-state index in [1.165, 1.54) is 11.1 Å². The third-order valence-electron chi connectivity index (χ3n) is 2.01. The molecule has 0 radical (unpaired) electrons. The summed E-state index contributed by atoms with van der Waals surface area (Å²) < 4.78 is 0. The van der Waals surface area contributed by atoms with Crippen LogP contribution >= 0.6 is 0 Å². The maximum absolute atomic E-state index is 5.36. The van der Waals surface area contributed by atoms with Crippen LogP contribution in [-0.4, -0.2) is 12.4 Å². The van der Waals surface area contributed by atoms with Crippen LogP contribution in [-0.2, 0) is 6.42 Å². The van der Waals surface area contributed by atoms with Crippen molar-refractivity contribution in [1.29, 1.82) is 0 Å². The summed E-state index contributed by atoms with van der Waals surface area (Å²) in [5, 5.41) is 0. The number of rotatable bonds is 3. The molecule has 14 heavy (non-hydrogen) atoms. The van der Waals surface area contributed by atoms with Gasteiger partial charge in [-0.3, -0.25) is 4.99 Å². The lowest BCUT2D eigenvalue weighted by atomic mass is 10.1. The SMILES string of the molecule is CCN=C(Cc1ccc(C)cc1)NN. The molecule has 0 saturated heterocycles. The van der Waals surface area contributed by atoms with Gasteiger partial charge in [-0.1, -0.05) is 29.8 Å². The van der Waals surface area contributed by atoms with Crippen molar-refractivity contribution in [2.24, 2.45) is 10.8 Å². The number of hydrogen-bond acceptors (Lipinski definition) is 2. The zero-order chi connectivity index (χ0) is 10.4. The number of nitrogens with one attached hydrogen (secondary N) is 1. The number of aryl methyl sites for hydroxylation is 1. The second-order valence-corrected chi connectivity index (χ2v) is 3.23. The van der Waals surface area contributed by atoms with Gasteiger partial charge in [0.15, 0.2) is 0 Å². The van der Waals surface area contributed by atoms with Gasteiger partial charge in [0.25, 0.3) is 0 Å². The van der Waals surface area contributed by atoms with Crippen molar-refractivity contribution < 1.29 is 0 Å². The van der Waals surface area contributed by atoms with Crippen LogP contribution in [0, 0.1) is 6.92 Å². The molecule has 1 aromatic rings. The van der Waals surface area contributed by atoms with Crippen molar-refractivity contribution >= 4 is 5.84 Å². The predicted octanol–water partition coefficient (Wildman–Crippen LogP) is 1.42. The highest BCUT2D eigenvalue weighted by Crippen LogP contribution is 2.03. The molecule has 0 spiro atoms. The average Bonchev–Trinajstić information content (AvgIpc) is 2.20. The summed E-state index contributed by atoms with van der Waals surface area (Å²) in [5.74, 6) is 6.19. The molecule has 1 rings (SSSR count). The lowest BCUT2D eigenvalue weighted by Crippen LogP contribution is -2.32. The van der Waals surface area contributed by atoms with E-state index in [0.717, 1.165) is 18.8 Å². The molecule has 1 aromatic carbocycles. The van der Waals surface area contributed by atoms with E-state index in [-0.39, 0.29) is 0 Å². The number of nitrogens with two attached hydrogens (primary N) is 1. The quantitative estimate of drug-likeness (QED) is 0.328. The molecule has 0 unspecified atom stereocenters. The van der Waals surface area contributed by atoms with Crippen LogP contribution in [0.15, 0.2) is 29.3 Å². The molecule has 3 N–H and O–H groups in total. The molecule has 0 heterocycles. The monoisotopic (exact) mass is 191 g/mol. The molecule has 76 valence electrons. The summed E-state index contributed by atoms with van der Waals surface area (Å²) in [6, 6.07) is 8.38. The van der Waals surface area contributed by atoms with Gasteiger partial charge in [0.2, 0.25) is 0 Å². The molecule has 3 heteroatoms. The van der Waals surface area contributed by atoms with Gasteiger partial charge >= 0.3 is 0 Å². The molecule has 3 nitrogen and oxygen atoms in total. The smallest absolute Gasteiger partial charge is 0.115 e. The molecule has 0 atom stereocenters. The van der Waals surface area contributed by atoms with Gasteiger partial charge < -0.3 is 5.43 Å². The number of aliphatic imine (C=N–C) groups is 1. The topological polar surface area (TPSA) is 50.4 Å². The second-order valence-electron chi connectivity index (χ2n) is 3.23. The van der Waals surface area contributed by atoms with Crippen molar-refractivity contribution in [3.05, 3.63) is 35.4 Å². The Morgan fingerprint density at radius 2 is 2.00 bits per heavy atom. The van der Waals surface area contributed by atoms with E-state index in [1.807, 2.05) is 6.92 Å². The highest BCUT2D eigenvalue weighted by atomic mass is 15.2. The maximum atomic E-state index is 5.36. The lowest BCUT2D eigenvalue weighted by Gasteiger charge is -2.05. The Morgan fingerprint density at radius 1 is 1.36 bits per heavy atom. The van der Waals surface area contributed by atoms with Crippen LogP contribution in [0.2, 0.25) is 0 Å². The first-order valence-corrected chi connectivity index (χ1v) is 4.81. The number of nitrogens with zero attached hydrogens (tertiary/aromatic N) is 1. The highest BCUT2D eigenvalue weighted by Gasteiger charge is 1.98. The molecule has 0 bridgehead atoms. The summed E-state index contributed by atoms with van der Waals surface area (Å²) in [4.78, 5) is 4.24. The molecular weight excluding hydrogens is 174 g/mol. The minimum Gasteiger partial charge on any atom is -0.312 e. The molecule has 0 fully saturated rings. The fraction of sp³-hybridized carbons (Fsp3) is 0.364. The largest absolute Gasteiger partial charge is 0.312 e. The third-order valence-corrected chi connectivity index (χ3v) is 2.01. The second kappa shape index (κ2) is 5.40. The minimum atomic E-state index is 0.755. The van der Waals surface area contributed by atoms with Crippen molar-refractivity contribution in [3.8, 4) is 0 Å².